The van der Waals surface area contributed by atoms with Crippen LogP contribution in [0.2, 0.25) is 0 Å². The fourth-order valence-corrected chi connectivity index (χ4v) is 2.31. The minimum atomic E-state index is 0.296. The lowest BCUT2D eigenvalue weighted by atomic mass is 10.3. The largest absolute Gasteiger partial charge is 0.314 e. The number of nitrogens with zero attached hydrogens (tertiary/aromatic N) is 4. The third kappa shape index (κ3) is 2.12. The minimum Gasteiger partial charge on any atom is -0.314 e. The van der Waals surface area contributed by atoms with Crippen LogP contribution in [0.5, 0.6) is 0 Å². The standard InChI is InChI=1S/C13H20N4/c1-4-11-14-7-9-16(11)13(6-3)17-10-8-15-12(17)5-2/h7-10,13H,4-6H2,1-3H3. The number of rotatable bonds is 5. The summed E-state index contributed by atoms with van der Waals surface area (Å²) < 4.78 is 4.50. The van der Waals surface area contributed by atoms with Crippen molar-refractivity contribution in [3.8, 4) is 0 Å². The van der Waals surface area contributed by atoms with E-state index in [0.29, 0.717) is 6.17 Å². The lowest BCUT2D eigenvalue weighted by Crippen LogP contribution is -2.20. The Labute approximate surface area is 102 Å². The summed E-state index contributed by atoms with van der Waals surface area (Å²) in [7, 11) is 0. The first-order chi connectivity index (χ1) is 8.31. The van der Waals surface area contributed by atoms with Gasteiger partial charge in [-0.25, -0.2) is 9.97 Å². The molecule has 0 aliphatic carbocycles. The lowest BCUT2D eigenvalue weighted by molar-refractivity contribution is 0.394. The van der Waals surface area contributed by atoms with Crippen molar-refractivity contribution < 1.29 is 0 Å². The fourth-order valence-electron chi connectivity index (χ4n) is 2.31. The summed E-state index contributed by atoms with van der Waals surface area (Å²) in [5.41, 5.74) is 0. The molecule has 0 bridgehead atoms. The van der Waals surface area contributed by atoms with Gasteiger partial charge in [0.2, 0.25) is 0 Å². The van der Waals surface area contributed by atoms with Gasteiger partial charge in [-0.15, -0.1) is 0 Å². The van der Waals surface area contributed by atoms with Crippen molar-refractivity contribution in [2.75, 3.05) is 0 Å². The summed E-state index contributed by atoms with van der Waals surface area (Å²) in [6.45, 7) is 6.48. The van der Waals surface area contributed by atoms with E-state index < -0.39 is 0 Å². The molecule has 0 aromatic carbocycles. The molecule has 0 radical (unpaired) electrons. The molecular weight excluding hydrogens is 212 g/mol. The Morgan fingerprint density at radius 2 is 1.41 bits per heavy atom. The Morgan fingerprint density at radius 3 is 1.76 bits per heavy atom. The molecule has 0 atom stereocenters. The van der Waals surface area contributed by atoms with E-state index in [1.807, 2.05) is 12.4 Å². The van der Waals surface area contributed by atoms with Gasteiger partial charge in [0.15, 0.2) is 0 Å². The van der Waals surface area contributed by atoms with Crippen LogP contribution in [0, 0.1) is 0 Å². The zero-order chi connectivity index (χ0) is 12.3. The molecule has 0 spiro atoms. The predicted molar refractivity (Wildman–Crippen MR) is 67.9 cm³/mol. The summed E-state index contributed by atoms with van der Waals surface area (Å²) in [6, 6.07) is 0. The van der Waals surface area contributed by atoms with Crippen molar-refractivity contribution in [1.82, 2.24) is 19.1 Å². The molecule has 0 unspecified atom stereocenters. The highest BCUT2D eigenvalue weighted by Crippen LogP contribution is 2.19. The molecule has 0 aliphatic rings. The second-order valence-electron chi connectivity index (χ2n) is 4.10. The van der Waals surface area contributed by atoms with Gasteiger partial charge in [0.25, 0.3) is 0 Å². The van der Waals surface area contributed by atoms with Crippen LogP contribution in [0.1, 0.15) is 45.0 Å². The summed E-state index contributed by atoms with van der Waals surface area (Å²) in [5.74, 6) is 2.26. The smallest absolute Gasteiger partial charge is 0.112 e. The van der Waals surface area contributed by atoms with Crippen LogP contribution >= 0.6 is 0 Å². The van der Waals surface area contributed by atoms with Crippen LogP contribution in [0.15, 0.2) is 24.8 Å². The highest BCUT2D eigenvalue weighted by Gasteiger charge is 2.15. The van der Waals surface area contributed by atoms with E-state index in [1.54, 1.807) is 0 Å². The molecule has 0 N–H and O–H groups in total. The first-order valence-electron chi connectivity index (χ1n) is 6.35. The van der Waals surface area contributed by atoms with E-state index >= 15 is 0 Å². The van der Waals surface area contributed by atoms with Crippen LogP contribution in [0.3, 0.4) is 0 Å². The van der Waals surface area contributed by atoms with Gasteiger partial charge >= 0.3 is 0 Å². The Bertz CT molecular complexity index is 427. The highest BCUT2D eigenvalue weighted by atomic mass is 15.3. The maximum atomic E-state index is 4.40. The number of hydrogen-bond donors (Lipinski definition) is 0. The normalized spacial score (nSPS) is 11.3. The molecule has 2 rings (SSSR count). The first kappa shape index (κ1) is 11.9. The van der Waals surface area contributed by atoms with Crippen molar-refractivity contribution in [1.29, 1.82) is 0 Å². The summed E-state index contributed by atoms with van der Waals surface area (Å²) >= 11 is 0. The molecule has 2 aromatic rings. The average molecular weight is 232 g/mol. The molecule has 0 amide bonds. The summed E-state index contributed by atoms with van der Waals surface area (Å²) in [6.07, 6.45) is 11.1. The van der Waals surface area contributed by atoms with Crippen molar-refractivity contribution in [2.45, 2.75) is 46.2 Å². The van der Waals surface area contributed by atoms with Crippen LogP contribution in [-0.2, 0) is 12.8 Å². The minimum absolute atomic E-state index is 0.296. The zero-order valence-electron chi connectivity index (χ0n) is 10.8. The molecule has 0 saturated carbocycles. The van der Waals surface area contributed by atoms with Gasteiger partial charge in [-0.3, -0.25) is 0 Å². The zero-order valence-corrected chi connectivity index (χ0v) is 10.8. The first-order valence-corrected chi connectivity index (χ1v) is 6.35. The molecule has 0 saturated heterocycles. The average Bonchev–Trinajstić information content (AvgIpc) is 2.98. The molecule has 4 nitrogen and oxygen atoms in total. The van der Waals surface area contributed by atoms with Gasteiger partial charge in [-0.05, 0) is 6.42 Å². The van der Waals surface area contributed by atoms with Gasteiger partial charge in [-0.1, -0.05) is 20.8 Å². The predicted octanol–water partition coefficient (Wildman–Crippen LogP) is 2.66. The third-order valence-corrected chi connectivity index (χ3v) is 3.14. The van der Waals surface area contributed by atoms with Gasteiger partial charge < -0.3 is 9.13 Å². The number of aryl methyl sites for hydroxylation is 2. The fraction of sp³-hybridized carbons (Fsp3) is 0.538. The molecule has 0 fully saturated rings. The van der Waals surface area contributed by atoms with E-state index in [-0.39, 0.29) is 0 Å². The number of imidazole rings is 2. The lowest BCUT2D eigenvalue weighted by Gasteiger charge is -2.22. The van der Waals surface area contributed by atoms with Crippen LogP contribution in [0.25, 0.3) is 0 Å². The van der Waals surface area contributed by atoms with E-state index in [9.17, 15) is 0 Å². The maximum Gasteiger partial charge on any atom is 0.112 e. The molecule has 4 heteroatoms. The Balaban J connectivity index is 2.40. The SMILES string of the molecule is CCc1nccn1C(CC)n1ccnc1CC. The topological polar surface area (TPSA) is 35.6 Å². The molecule has 2 heterocycles. The molecule has 92 valence electrons. The van der Waals surface area contributed by atoms with Crippen molar-refractivity contribution in [3.63, 3.8) is 0 Å². The van der Waals surface area contributed by atoms with Gasteiger partial charge in [0.1, 0.15) is 17.8 Å². The van der Waals surface area contributed by atoms with E-state index in [4.69, 9.17) is 0 Å². The monoisotopic (exact) mass is 232 g/mol. The van der Waals surface area contributed by atoms with Crippen molar-refractivity contribution in [3.05, 3.63) is 36.4 Å². The van der Waals surface area contributed by atoms with Gasteiger partial charge in [0, 0.05) is 37.6 Å². The van der Waals surface area contributed by atoms with Crippen LogP contribution in [0.4, 0.5) is 0 Å². The quantitative estimate of drug-likeness (QED) is 0.794. The second-order valence-corrected chi connectivity index (χ2v) is 4.10. The van der Waals surface area contributed by atoms with Gasteiger partial charge in [0.05, 0.1) is 0 Å². The Hall–Kier alpha value is -1.58. The van der Waals surface area contributed by atoms with Gasteiger partial charge in [-0.2, -0.15) is 0 Å². The molecule has 17 heavy (non-hydrogen) atoms. The summed E-state index contributed by atoms with van der Waals surface area (Å²) in [4.78, 5) is 8.80. The van der Waals surface area contributed by atoms with E-state index in [1.165, 1.54) is 0 Å². The summed E-state index contributed by atoms with van der Waals surface area (Å²) in [5, 5.41) is 0. The van der Waals surface area contributed by atoms with Crippen molar-refractivity contribution in [2.24, 2.45) is 0 Å². The Kier molecular flexibility index (Phi) is 3.61. The number of aromatic nitrogens is 4. The van der Waals surface area contributed by atoms with Crippen molar-refractivity contribution >= 4 is 0 Å². The molecular formula is C13H20N4. The Morgan fingerprint density at radius 1 is 0.941 bits per heavy atom. The number of hydrogen-bond acceptors (Lipinski definition) is 2. The maximum absolute atomic E-state index is 4.40. The van der Waals surface area contributed by atoms with E-state index in [0.717, 1.165) is 30.9 Å². The third-order valence-electron chi connectivity index (χ3n) is 3.14. The molecule has 2 aromatic heterocycles. The van der Waals surface area contributed by atoms with Crippen LogP contribution in [-0.4, -0.2) is 19.1 Å². The molecule has 0 aliphatic heterocycles. The second kappa shape index (κ2) is 5.17. The highest BCUT2D eigenvalue weighted by molar-refractivity contribution is 5.00. The van der Waals surface area contributed by atoms with Crippen LogP contribution < -0.4 is 0 Å². The van der Waals surface area contributed by atoms with E-state index in [2.05, 4.69) is 52.3 Å².